The van der Waals surface area contributed by atoms with E-state index in [0.29, 0.717) is 22.1 Å². The lowest BCUT2D eigenvalue weighted by molar-refractivity contribution is -0.137. The average molecular weight is 456 g/mol. The molecule has 3 aromatic rings. The van der Waals surface area contributed by atoms with Crippen LogP contribution in [-0.2, 0) is 11.0 Å². The van der Waals surface area contributed by atoms with Gasteiger partial charge in [0.05, 0.1) is 22.0 Å². The highest BCUT2D eigenvalue weighted by atomic mass is 35.5. The van der Waals surface area contributed by atoms with Gasteiger partial charge in [-0.05, 0) is 43.3 Å². The van der Waals surface area contributed by atoms with Crippen molar-refractivity contribution < 1.29 is 22.4 Å². The maximum atomic E-state index is 13.5. The Kier molecular flexibility index (Phi) is 6.62. The van der Waals surface area contributed by atoms with E-state index in [1.165, 1.54) is 18.2 Å². The molecule has 1 aromatic heterocycles. The van der Waals surface area contributed by atoms with Crippen molar-refractivity contribution in [2.75, 3.05) is 11.1 Å². The minimum Gasteiger partial charge on any atom is -0.324 e. The smallest absolute Gasteiger partial charge is 0.324 e. The second-order valence-corrected chi connectivity index (χ2v) is 7.61. The lowest BCUT2D eigenvalue weighted by Gasteiger charge is -2.11. The summed E-state index contributed by atoms with van der Waals surface area (Å²) in [5.74, 6) is -0.793. The van der Waals surface area contributed by atoms with Crippen LogP contribution in [0.1, 0.15) is 11.3 Å². The zero-order chi connectivity index (χ0) is 21.9. The number of hydrogen-bond acceptors (Lipinski definition) is 4. The normalized spacial score (nSPS) is 11.4. The second-order valence-electron chi connectivity index (χ2n) is 6.21. The van der Waals surface area contributed by atoms with Gasteiger partial charge in [0.2, 0.25) is 5.91 Å². The number of alkyl halides is 3. The zero-order valence-corrected chi connectivity index (χ0v) is 17.0. The number of carbonyl (C=O) groups excluding carboxylic acids is 1. The van der Waals surface area contributed by atoms with Crippen LogP contribution in [0.5, 0.6) is 0 Å². The first-order valence-electron chi connectivity index (χ1n) is 8.53. The van der Waals surface area contributed by atoms with Crippen LogP contribution in [0.25, 0.3) is 11.4 Å². The molecular formula is C20H14ClF4N3OS. The van der Waals surface area contributed by atoms with Crippen molar-refractivity contribution in [3.8, 4) is 11.4 Å². The quantitative estimate of drug-likeness (QED) is 0.291. The van der Waals surface area contributed by atoms with E-state index in [0.717, 1.165) is 30.0 Å². The van der Waals surface area contributed by atoms with Crippen molar-refractivity contribution in [3.63, 3.8) is 0 Å². The van der Waals surface area contributed by atoms with Gasteiger partial charge in [-0.2, -0.15) is 13.2 Å². The van der Waals surface area contributed by atoms with Crippen molar-refractivity contribution in [1.82, 2.24) is 9.97 Å². The monoisotopic (exact) mass is 455 g/mol. The first-order valence-corrected chi connectivity index (χ1v) is 9.89. The molecule has 1 heterocycles. The largest absolute Gasteiger partial charge is 0.416 e. The summed E-state index contributed by atoms with van der Waals surface area (Å²) in [6, 6.07) is 10.1. The van der Waals surface area contributed by atoms with Crippen LogP contribution in [0.2, 0.25) is 5.02 Å². The van der Waals surface area contributed by atoms with E-state index in [9.17, 15) is 22.4 Å². The van der Waals surface area contributed by atoms with Crippen molar-refractivity contribution in [1.29, 1.82) is 0 Å². The maximum absolute atomic E-state index is 13.5. The Labute approximate surface area is 178 Å². The third kappa shape index (κ3) is 5.70. The molecule has 10 heteroatoms. The van der Waals surface area contributed by atoms with E-state index >= 15 is 0 Å². The third-order valence-electron chi connectivity index (χ3n) is 3.83. The minimum atomic E-state index is -4.55. The van der Waals surface area contributed by atoms with Crippen LogP contribution < -0.4 is 5.32 Å². The number of aryl methyl sites for hydroxylation is 1. The number of halogens is 5. The highest BCUT2D eigenvalue weighted by molar-refractivity contribution is 7.99. The van der Waals surface area contributed by atoms with Crippen molar-refractivity contribution in [2.45, 2.75) is 18.1 Å². The minimum absolute atomic E-state index is 0.00683. The van der Waals surface area contributed by atoms with Gasteiger partial charge in [-0.1, -0.05) is 35.5 Å². The summed E-state index contributed by atoms with van der Waals surface area (Å²) in [7, 11) is 0. The number of benzene rings is 2. The second kappa shape index (κ2) is 9.01. The average Bonchev–Trinajstić information content (AvgIpc) is 2.67. The summed E-state index contributed by atoms with van der Waals surface area (Å²) in [4.78, 5) is 20.8. The third-order valence-corrected chi connectivity index (χ3v) is 5.07. The van der Waals surface area contributed by atoms with Crippen molar-refractivity contribution >= 4 is 35.0 Å². The van der Waals surface area contributed by atoms with Gasteiger partial charge in [0.25, 0.3) is 0 Å². The Bertz CT molecular complexity index is 1090. The van der Waals surface area contributed by atoms with Crippen molar-refractivity contribution in [3.05, 3.63) is 70.6 Å². The number of anilines is 1. The molecule has 0 fully saturated rings. The van der Waals surface area contributed by atoms with Crippen LogP contribution in [0.3, 0.4) is 0 Å². The molecule has 0 aliphatic carbocycles. The molecule has 30 heavy (non-hydrogen) atoms. The van der Waals surface area contributed by atoms with E-state index in [-0.39, 0.29) is 16.5 Å². The van der Waals surface area contributed by atoms with Crippen LogP contribution in [0.15, 0.2) is 53.6 Å². The SMILES string of the molecule is Cc1cc(SCC(=O)Nc2cc(C(F)(F)F)ccc2Cl)nc(-c2cccc(F)c2)n1. The van der Waals surface area contributed by atoms with Crippen LogP contribution in [0, 0.1) is 12.7 Å². The predicted molar refractivity (Wildman–Crippen MR) is 108 cm³/mol. The van der Waals surface area contributed by atoms with Gasteiger partial charge in [0.1, 0.15) is 10.8 Å². The molecule has 0 unspecified atom stereocenters. The Morgan fingerprint density at radius 1 is 1.13 bits per heavy atom. The molecule has 0 radical (unpaired) electrons. The van der Waals surface area contributed by atoms with Crippen molar-refractivity contribution in [2.24, 2.45) is 0 Å². The number of rotatable bonds is 5. The fourth-order valence-electron chi connectivity index (χ4n) is 2.49. The molecule has 4 nitrogen and oxygen atoms in total. The summed E-state index contributed by atoms with van der Waals surface area (Å²) in [5.41, 5.74) is 0.0614. The number of nitrogens with one attached hydrogen (secondary N) is 1. The van der Waals surface area contributed by atoms with Crippen LogP contribution in [0.4, 0.5) is 23.2 Å². The van der Waals surface area contributed by atoms with Gasteiger partial charge >= 0.3 is 6.18 Å². The van der Waals surface area contributed by atoms with Crippen LogP contribution in [-0.4, -0.2) is 21.6 Å². The zero-order valence-electron chi connectivity index (χ0n) is 15.4. The fraction of sp³-hybridized carbons (Fsp3) is 0.150. The number of thioether (sulfide) groups is 1. The summed E-state index contributed by atoms with van der Waals surface area (Å²) >= 11 is 6.96. The molecule has 0 atom stereocenters. The Morgan fingerprint density at radius 3 is 2.60 bits per heavy atom. The molecule has 0 saturated carbocycles. The highest BCUT2D eigenvalue weighted by Crippen LogP contribution is 2.34. The number of carbonyl (C=O) groups is 1. The van der Waals surface area contributed by atoms with Gasteiger partial charge < -0.3 is 5.32 Å². The van der Waals surface area contributed by atoms with Gasteiger partial charge in [-0.15, -0.1) is 0 Å². The molecule has 1 amide bonds. The van der Waals surface area contributed by atoms with Gasteiger partial charge in [-0.25, -0.2) is 14.4 Å². The number of aromatic nitrogens is 2. The fourth-order valence-corrected chi connectivity index (χ4v) is 3.41. The summed E-state index contributed by atoms with van der Waals surface area (Å²) in [5, 5.41) is 2.83. The molecule has 156 valence electrons. The van der Waals surface area contributed by atoms with E-state index < -0.39 is 23.5 Å². The van der Waals surface area contributed by atoms with Crippen LogP contribution >= 0.6 is 23.4 Å². The number of amides is 1. The molecule has 0 bridgehead atoms. The molecule has 1 N–H and O–H groups in total. The summed E-state index contributed by atoms with van der Waals surface area (Å²) < 4.78 is 52.0. The molecule has 3 rings (SSSR count). The summed E-state index contributed by atoms with van der Waals surface area (Å²) in [6.45, 7) is 1.73. The van der Waals surface area contributed by atoms with E-state index in [1.807, 2.05) is 0 Å². The van der Waals surface area contributed by atoms with E-state index in [4.69, 9.17) is 11.6 Å². The van der Waals surface area contributed by atoms with Gasteiger partial charge in [-0.3, -0.25) is 4.79 Å². The van der Waals surface area contributed by atoms with Gasteiger partial charge in [0.15, 0.2) is 5.82 Å². The topological polar surface area (TPSA) is 54.9 Å². The lowest BCUT2D eigenvalue weighted by Crippen LogP contribution is -2.15. The number of nitrogens with zero attached hydrogens (tertiary/aromatic N) is 2. The first-order chi connectivity index (χ1) is 14.1. The summed E-state index contributed by atoms with van der Waals surface area (Å²) in [6.07, 6.45) is -4.55. The van der Waals surface area contributed by atoms with E-state index in [1.54, 1.807) is 19.1 Å². The molecule has 2 aromatic carbocycles. The molecule has 0 saturated heterocycles. The van der Waals surface area contributed by atoms with Gasteiger partial charge in [0, 0.05) is 11.3 Å². The lowest BCUT2D eigenvalue weighted by atomic mass is 10.2. The number of hydrogen-bond donors (Lipinski definition) is 1. The standard InChI is InChI=1S/C20H14ClF4N3OS/c1-11-7-18(28-19(26-11)12-3-2-4-14(22)8-12)30-10-17(29)27-16-9-13(20(23,24)25)5-6-15(16)21/h2-9H,10H2,1H3,(H,27,29). The molecule has 0 spiro atoms. The maximum Gasteiger partial charge on any atom is 0.416 e. The Hall–Kier alpha value is -2.65. The van der Waals surface area contributed by atoms with E-state index in [2.05, 4.69) is 15.3 Å². The molecule has 0 aliphatic heterocycles. The molecule has 0 aliphatic rings. The highest BCUT2D eigenvalue weighted by Gasteiger charge is 2.31. The molecular weight excluding hydrogens is 442 g/mol. The predicted octanol–water partition coefficient (Wildman–Crippen LogP) is 5.99. The Balaban J connectivity index is 1.71. The first kappa shape index (κ1) is 22.0. The Morgan fingerprint density at radius 2 is 1.90 bits per heavy atom.